The fraction of sp³-hybridized carbons (Fsp3) is 0.0400. The van der Waals surface area contributed by atoms with Gasteiger partial charge in [0.15, 0.2) is 5.58 Å². The Bertz CT molecular complexity index is 1550. The molecule has 2 N–H and O–H groups in total. The molecule has 6 nitrogen and oxygen atoms in total. The lowest BCUT2D eigenvalue weighted by Gasteiger charge is -2.06. The second-order valence-electron chi connectivity index (χ2n) is 7.30. The van der Waals surface area contributed by atoms with Crippen molar-refractivity contribution in [3.63, 3.8) is 0 Å². The number of phenolic OH excluding ortho intramolecular Hbond substituents is 1. The number of carboxylic acids is 1. The predicted molar refractivity (Wildman–Crippen MR) is 121 cm³/mol. The highest BCUT2D eigenvalue weighted by atomic mass is 35.5. The third-order valence-corrected chi connectivity index (χ3v) is 5.55. The maximum atomic E-state index is 13.3. The molecule has 0 fully saturated rings. The van der Waals surface area contributed by atoms with Gasteiger partial charge in [0.05, 0.1) is 17.4 Å². The molecular formula is C25H15ClO6. The Morgan fingerprint density at radius 2 is 1.69 bits per heavy atom. The van der Waals surface area contributed by atoms with Gasteiger partial charge in [-0.25, -0.2) is 0 Å². The molecule has 0 aliphatic heterocycles. The average Bonchev–Trinajstić information content (AvgIpc) is 3.12. The van der Waals surface area contributed by atoms with Crippen molar-refractivity contribution in [2.75, 3.05) is 0 Å². The minimum Gasteiger partial charge on any atom is -0.507 e. The number of fused-ring (bicyclic) bond motifs is 3. The van der Waals surface area contributed by atoms with Gasteiger partial charge in [0.1, 0.15) is 28.7 Å². The molecule has 2 heterocycles. The lowest BCUT2D eigenvalue weighted by Crippen LogP contribution is -2.06. The zero-order valence-electron chi connectivity index (χ0n) is 16.5. The van der Waals surface area contributed by atoms with E-state index >= 15 is 0 Å². The maximum Gasteiger partial charge on any atom is 0.307 e. The minimum atomic E-state index is -1.08. The summed E-state index contributed by atoms with van der Waals surface area (Å²) in [5, 5.41) is 21.0. The highest BCUT2D eigenvalue weighted by Gasteiger charge is 2.25. The second kappa shape index (κ2) is 7.59. The molecule has 0 saturated carbocycles. The van der Waals surface area contributed by atoms with Crippen molar-refractivity contribution in [1.29, 1.82) is 0 Å². The first-order chi connectivity index (χ1) is 15.4. The highest BCUT2D eigenvalue weighted by molar-refractivity contribution is 6.30. The van der Waals surface area contributed by atoms with Gasteiger partial charge in [-0.05, 0) is 29.8 Å². The minimum absolute atomic E-state index is 0.0334. The van der Waals surface area contributed by atoms with Crippen LogP contribution in [0.25, 0.3) is 44.4 Å². The van der Waals surface area contributed by atoms with Crippen molar-refractivity contribution in [3.8, 4) is 28.2 Å². The van der Waals surface area contributed by atoms with E-state index in [0.29, 0.717) is 32.9 Å². The molecule has 32 heavy (non-hydrogen) atoms. The van der Waals surface area contributed by atoms with Gasteiger partial charge >= 0.3 is 5.97 Å². The zero-order valence-corrected chi connectivity index (χ0v) is 17.2. The second-order valence-corrected chi connectivity index (χ2v) is 7.74. The Kier molecular flexibility index (Phi) is 4.72. The Morgan fingerprint density at radius 3 is 2.38 bits per heavy atom. The topological polar surface area (TPSA) is 101 Å². The quantitative estimate of drug-likeness (QED) is 0.358. The Balaban J connectivity index is 1.86. The van der Waals surface area contributed by atoms with E-state index < -0.39 is 11.4 Å². The van der Waals surface area contributed by atoms with Gasteiger partial charge < -0.3 is 19.0 Å². The van der Waals surface area contributed by atoms with Gasteiger partial charge in [0.25, 0.3) is 0 Å². The number of furan rings is 1. The molecule has 0 amide bonds. The van der Waals surface area contributed by atoms with Crippen molar-refractivity contribution in [2.45, 2.75) is 6.42 Å². The van der Waals surface area contributed by atoms with Gasteiger partial charge in [-0.2, -0.15) is 0 Å². The monoisotopic (exact) mass is 446 g/mol. The molecule has 3 aromatic carbocycles. The third kappa shape index (κ3) is 3.21. The lowest BCUT2D eigenvalue weighted by atomic mass is 9.99. The Morgan fingerprint density at radius 1 is 0.969 bits per heavy atom. The SMILES string of the molecule is O=C(O)Cc1c(-c2ccc(Cl)cc2)oc2cc(O)c3c(=O)c(-c4ccccc4)coc3c12. The van der Waals surface area contributed by atoms with Crippen LogP contribution >= 0.6 is 11.6 Å². The van der Waals surface area contributed by atoms with Crippen LogP contribution in [0.1, 0.15) is 5.56 Å². The zero-order chi connectivity index (χ0) is 22.4. The van der Waals surface area contributed by atoms with E-state index in [9.17, 15) is 19.8 Å². The highest BCUT2D eigenvalue weighted by Crippen LogP contribution is 2.41. The summed E-state index contributed by atoms with van der Waals surface area (Å²) in [6.07, 6.45) is 0.952. The van der Waals surface area contributed by atoms with E-state index in [2.05, 4.69) is 0 Å². The summed E-state index contributed by atoms with van der Waals surface area (Å²) in [4.78, 5) is 24.9. The van der Waals surface area contributed by atoms with Crippen LogP contribution in [0.5, 0.6) is 5.75 Å². The van der Waals surface area contributed by atoms with Crippen LogP contribution in [0.3, 0.4) is 0 Å². The van der Waals surface area contributed by atoms with E-state index in [4.69, 9.17) is 20.4 Å². The van der Waals surface area contributed by atoms with Crippen LogP contribution in [0.4, 0.5) is 0 Å². The van der Waals surface area contributed by atoms with Gasteiger partial charge in [0.2, 0.25) is 5.43 Å². The van der Waals surface area contributed by atoms with E-state index in [1.165, 1.54) is 12.3 Å². The number of hydrogen-bond acceptors (Lipinski definition) is 5. The maximum absolute atomic E-state index is 13.3. The number of carbonyl (C=O) groups is 1. The molecule has 2 aromatic heterocycles. The average molecular weight is 447 g/mol. The summed E-state index contributed by atoms with van der Waals surface area (Å²) in [5.74, 6) is -1.08. The van der Waals surface area contributed by atoms with Crippen LogP contribution < -0.4 is 5.43 Å². The predicted octanol–water partition coefficient (Wildman–Crippen LogP) is 5.86. The van der Waals surface area contributed by atoms with E-state index in [1.807, 2.05) is 6.07 Å². The molecule has 0 bridgehead atoms. The molecule has 158 valence electrons. The van der Waals surface area contributed by atoms with Crippen molar-refractivity contribution < 1.29 is 23.8 Å². The molecule has 5 aromatic rings. The van der Waals surface area contributed by atoms with E-state index in [-0.39, 0.29) is 34.3 Å². The molecule has 5 rings (SSSR count). The third-order valence-electron chi connectivity index (χ3n) is 5.30. The number of aliphatic carboxylic acids is 1. The molecule has 0 atom stereocenters. The summed E-state index contributed by atoms with van der Waals surface area (Å²) in [6, 6.07) is 17.0. The smallest absolute Gasteiger partial charge is 0.307 e. The fourth-order valence-corrected chi connectivity index (χ4v) is 4.01. The van der Waals surface area contributed by atoms with Crippen LogP contribution in [0, 0.1) is 0 Å². The van der Waals surface area contributed by atoms with Crippen LogP contribution in [-0.4, -0.2) is 16.2 Å². The summed E-state index contributed by atoms with van der Waals surface area (Å²) in [6.45, 7) is 0. The van der Waals surface area contributed by atoms with Crippen molar-refractivity contribution in [2.24, 2.45) is 0 Å². The fourth-order valence-electron chi connectivity index (χ4n) is 3.89. The number of benzene rings is 3. The number of hydrogen-bond donors (Lipinski definition) is 2. The normalized spacial score (nSPS) is 11.3. The van der Waals surface area contributed by atoms with E-state index in [1.54, 1.807) is 48.5 Å². The first kappa shape index (κ1) is 19.9. The molecule has 0 aliphatic rings. The van der Waals surface area contributed by atoms with Crippen molar-refractivity contribution >= 4 is 39.5 Å². The largest absolute Gasteiger partial charge is 0.507 e. The number of phenols is 1. The summed E-state index contributed by atoms with van der Waals surface area (Å²) < 4.78 is 11.8. The van der Waals surface area contributed by atoms with E-state index in [0.717, 1.165) is 0 Å². The molecule has 0 spiro atoms. The van der Waals surface area contributed by atoms with Gasteiger partial charge in [-0.15, -0.1) is 0 Å². The van der Waals surface area contributed by atoms with Crippen LogP contribution in [-0.2, 0) is 11.2 Å². The molecule has 7 heteroatoms. The summed E-state index contributed by atoms with van der Waals surface area (Å²) in [7, 11) is 0. The first-order valence-corrected chi connectivity index (χ1v) is 10.1. The lowest BCUT2D eigenvalue weighted by molar-refractivity contribution is -0.136. The summed E-state index contributed by atoms with van der Waals surface area (Å²) in [5.41, 5.74) is 1.74. The Labute approximate surface area is 185 Å². The molecule has 0 unspecified atom stereocenters. The molecular weight excluding hydrogens is 432 g/mol. The van der Waals surface area contributed by atoms with Crippen molar-refractivity contribution in [3.05, 3.63) is 87.7 Å². The molecule has 0 saturated heterocycles. The number of halogens is 1. The Hall–Kier alpha value is -4.03. The number of carboxylic acid groups (broad SMARTS) is 1. The molecule has 0 radical (unpaired) electrons. The standard InChI is InChI=1S/C25H15ClO6/c26-15-8-6-14(7-9-15)24-16(10-20(28)29)21-19(32-24)11-18(27)22-23(30)17(12-31-25(21)22)13-4-2-1-3-5-13/h1-9,11-12,27H,10H2,(H,28,29). The van der Waals surface area contributed by atoms with Crippen LogP contribution in [0.15, 0.2) is 80.6 Å². The van der Waals surface area contributed by atoms with Crippen LogP contribution in [0.2, 0.25) is 5.02 Å². The first-order valence-electron chi connectivity index (χ1n) is 9.70. The van der Waals surface area contributed by atoms with Crippen molar-refractivity contribution in [1.82, 2.24) is 0 Å². The number of rotatable bonds is 4. The van der Waals surface area contributed by atoms with Gasteiger partial charge in [-0.1, -0.05) is 41.9 Å². The summed E-state index contributed by atoms with van der Waals surface area (Å²) >= 11 is 5.98. The number of aromatic hydroxyl groups is 1. The van der Waals surface area contributed by atoms with Gasteiger partial charge in [-0.3, -0.25) is 9.59 Å². The molecule has 0 aliphatic carbocycles. The van der Waals surface area contributed by atoms with Gasteiger partial charge in [0, 0.05) is 22.2 Å².